The van der Waals surface area contributed by atoms with Crippen LogP contribution in [0.3, 0.4) is 0 Å². The summed E-state index contributed by atoms with van der Waals surface area (Å²) >= 11 is 5.19. The molecule has 0 bridgehead atoms. The molecule has 0 heterocycles. The smallest absolute Gasteiger partial charge is 0.238 e. The molecule has 0 fully saturated rings. The molecule has 0 aromatic heterocycles. The second-order valence-corrected chi connectivity index (χ2v) is 7.14. The van der Waals surface area contributed by atoms with E-state index in [-0.39, 0.29) is 16.9 Å². The summed E-state index contributed by atoms with van der Waals surface area (Å²) in [5.74, 6) is -0.998. The summed E-state index contributed by atoms with van der Waals surface area (Å²) in [7, 11) is 0. The molecule has 0 aliphatic carbocycles. The summed E-state index contributed by atoms with van der Waals surface area (Å²) in [6.07, 6.45) is 0.932. The van der Waals surface area contributed by atoms with E-state index in [2.05, 4.69) is 16.2 Å². The minimum Gasteiger partial charge on any atom is -0.301 e. The van der Waals surface area contributed by atoms with E-state index in [1.165, 1.54) is 0 Å². The molecule has 2 amide bonds. The first-order valence-electron chi connectivity index (χ1n) is 9.67. The lowest BCUT2D eigenvalue weighted by atomic mass is 9.90. The van der Waals surface area contributed by atoms with E-state index in [0.717, 1.165) is 16.7 Å². The van der Waals surface area contributed by atoms with E-state index < -0.39 is 5.92 Å². The largest absolute Gasteiger partial charge is 0.301 e. The van der Waals surface area contributed by atoms with Crippen molar-refractivity contribution in [2.24, 2.45) is 0 Å². The number of aryl methyl sites for hydroxylation is 1. The Labute approximate surface area is 181 Å². The normalized spacial score (nSPS) is 10.3. The first-order valence-corrected chi connectivity index (χ1v) is 10.1. The van der Waals surface area contributed by atoms with Crippen molar-refractivity contribution in [1.82, 2.24) is 16.2 Å². The molecule has 3 aromatic carbocycles. The van der Waals surface area contributed by atoms with Crippen LogP contribution in [0.4, 0.5) is 0 Å². The van der Waals surface area contributed by atoms with Crippen molar-refractivity contribution in [3.8, 4) is 0 Å². The minimum atomic E-state index is -0.513. The molecular weight excluding hydrogens is 394 g/mol. The van der Waals surface area contributed by atoms with Crippen LogP contribution in [0.2, 0.25) is 0 Å². The number of hydrogen-bond acceptors (Lipinski definition) is 3. The molecule has 30 heavy (non-hydrogen) atoms. The number of benzene rings is 3. The number of nitrogens with one attached hydrogen (secondary N) is 3. The van der Waals surface area contributed by atoms with Crippen molar-refractivity contribution in [3.05, 3.63) is 108 Å². The molecule has 0 saturated heterocycles. The monoisotopic (exact) mass is 417 g/mol. The van der Waals surface area contributed by atoms with Crippen LogP contribution in [0.5, 0.6) is 0 Å². The van der Waals surface area contributed by atoms with Crippen molar-refractivity contribution >= 4 is 29.1 Å². The lowest BCUT2D eigenvalue weighted by molar-refractivity contribution is -0.122. The van der Waals surface area contributed by atoms with Crippen molar-refractivity contribution in [1.29, 1.82) is 0 Å². The summed E-state index contributed by atoms with van der Waals surface area (Å²) in [6, 6.07) is 28.7. The summed E-state index contributed by atoms with van der Waals surface area (Å²) in [5.41, 5.74) is 7.93. The maximum absolute atomic E-state index is 13.0. The highest BCUT2D eigenvalue weighted by molar-refractivity contribution is 7.80. The maximum Gasteiger partial charge on any atom is 0.238 e. The Morgan fingerprint density at radius 2 is 1.23 bits per heavy atom. The lowest BCUT2D eigenvalue weighted by Crippen LogP contribution is -2.49. The van der Waals surface area contributed by atoms with Gasteiger partial charge in [-0.15, -0.1) is 0 Å². The van der Waals surface area contributed by atoms with Gasteiger partial charge in [0.25, 0.3) is 0 Å². The third kappa shape index (κ3) is 6.25. The van der Waals surface area contributed by atoms with E-state index >= 15 is 0 Å². The molecule has 6 heteroatoms. The molecule has 3 rings (SSSR count). The molecule has 0 aliphatic heterocycles. The van der Waals surface area contributed by atoms with Crippen LogP contribution >= 0.6 is 12.2 Å². The Hall–Kier alpha value is -3.51. The molecule has 3 N–H and O–H groups in total. The van der Waals surface area contributed by atoms with Gasteiger partial charge in [0, 0.05) is 6.42 Å². The van der Waals surface area contributed by atoms with Crippen molar-refractivity contribution in [3.63, 3.8) is 0 Å². The average molecular weight is 418 g/mol. The van der Waals surface area contributed by atoms with Gasteiger partial charge in [-0.25, -0.2) is 0 Å². The molecule has 0 radical (unpaired) electrons. The standard InChI is InChI=1S/C24H23N3O2S/c28-21(17-16-18-10-4-1-5-11-18)26-27-24(30)25-23(29)22(19-12-6-2-7-13-19)20-14-8-3-9-15-20/h1-15,22H,16-17H2,(H,26,28)(H2,25,27,29,30). The second-order valence-electron chi connectivity index (χ2n) is 6.73. The van der Waals surface area contributed by atoms with Gasteiger partial charge in [0.1, 0.15) is 0 Å². The Balaban J connectivity index is 1.55. The van der Waals surface area contributed by atoms with E-state index in [1.54, 1.807) is 0 Å². The maximum atomic E-state index is 13.0. The Morgan fingerprint density at radius 3 is 1.77 bits per heavy atom. The zero-order chi connectivity index (χ0) is 21.2. The fourth-order valence-electron chi connectivity index (χ4n) is 3.09. The van der Waals surface area contributed by atoms with Crippen LogP contribution in [0.1, 0.15) is 29.0 Å². The van der Waals surface area contributed by atoms with Crippen LogP contribution < -0.4 is 16.2 Å². The predicted molar refractivity (Wildman–Crippen MR) is 122 cm³/mol. The molecule has 3 aromatic rings. The Bertz CT molecular complexity index is 940. The van der Waals surface area contributed by atoms with E-state index in [9.17, 15) is 9.59 Å². The predicted octanol–water partition coefficient (Wildman–Crippen LogP) is 3.47. The van der Waals surface area contributed by atoms with Gasteiger partial charge in [-0.05, 0) is 35.3 Å². The van der Waals surface area contributed by atoms with Crippen LogP contribution in [-0.2, 0) is 16.0 Å². The number of hydrogen-bond donors (Lipinski definition) is 3. The van der Waals surface area contributed by atoms with Gasteiger partial charge in [-0.3, -0.25) is 20.4 Å². The quantitative estimate of drug-likeness (QED) is 0.424. The van der Waals surface area contributed by atoms with Crippen LogP contribution in [0.25, 0.3) is 0 Å². The highest BCUT2D eigenvalue weighted by atomic mass is 32.1. The minimum absolute atomic E-state index is 0.0462. The van der Waals surface area contributed by atoms with Crippen LogP contribution in [0.15, 0.2) is 91.0 Å². The summed E-state index contributed by atoms with van der Waals surface area (Å²) in [6.45, 7) is 0. The first-order chi connectivity index (χ1) is 14.6. The third-order valence-corrected chi connectivity index (χ3v) is 4.77. The SMILES string of the molecule is O=C(CCc1ccccc1)NNC(=S)NC(=O)C(c1ccccc1)c1ccccc1. The molecule has 0 atom stereocenters. The molecule has 0 saturated carbocycles. The highest BCUT2D eigenvalue weighted by Crippen LogP contribution is 2.24. The van der Waals surface area contributed by atoms with Gasteiger partial charge in [0.15, 0.2) is 5.11 Å². The fourth-order valence-corrected chi connectivity index (χ4v) is 3.24. The van der Waals surface area contributed by atoms with E-state index in [4.69, 9.17) is 12.2 Å². The molecule has 152 valence electrons. The summed E-state index contributed by atoms with van der Waals surface area (Å²) in [5, 5.41) is 2.72. The molecule has 0 aliphatic rings. The van der Waals surface area contributed by atoms with Crippen molar-refractivity contribution in [2.75, 3.05) is 0 Å². The zero-order valence-electron chi connectivity index (χ0n) is 16.4. The zero-order valence-corrected chi connectivity index (χ0v) is 17.2. The highest BCUT2D eigenvalue weighted by Gasteiger charge is 2.23. The number of carbonyl (C=O) groups is 2. The van der Waals surface area contributed by atoms with E-state index in [1.807, 2.05) is 91.0 Å². The third-order valence-electron chi connectivity index (χ3n) is 4.56. The second kappa shape index (κ2) is 10.9. The van der Waals surface area contributed by atoms with Crippen molar-refractivity contribution < 1.29 is 9.59 Å². The number of amides is 2. The number of rotatable bonds is 6. The van der Waals surface area contributed by atoms with Crippen molar-refractivity contribution in [2.45, 2.75) is 18.8 Å². The number of thiocarbonyl (C=S) groups is 1. The Morgan fingerprint density at radius 1 is 0.733 bits per heavy atom. The van der Waals surface area contributed by atoms with Crippen LogP contribution in [-0.4, -0.2) is 16.9 Å². The van der Waals surface area contributed by atoms with Gasteiger partial charge in [-0.2, -0.15) is 0 Å². The van der Waals surface area contributed by atoms with Crippen LogP contribution in [0, 0.1) is 0 Å². The summed E-state index contributed by atoms with van der Waals surface area (Å²) in [4.78, 5) is 25.0. The fraction of sp³-hybridized carbons (Fsp3) is 0.125. The molecular formula is C24H23N3O2S. The topological polar surface area (TPSA) is 70.2 Å². The van der Waals surface area contributed by atoms with Gasteiger partial charge in [-0.1, -0.05) is 91.0 Å². The van der Waals surface area contributed by atoms with E-state index in [0.29, 0.717) is 12.8 Å². The molecule has 5 nitrogen and oxygen atoms in total. The van der Waals surface area contributed by atoms with Gasteiger partial charge in [0.05, 0.1) is 5.92 Å². The molecule has 0 unspecified atom stereocenters. The van der Waals surface area contributed by atoms with Gasteiger partial charge in [0.2, 0.25) is 11.8 Å². The average Bonchev–Trinajstić information content (AvgIpc) is 2.78. The van der Waals surface area contributed by atoms with Gasteiger partial charge >= 0.3 is 0 Å². The summed E-state index contributed by atoms with van der Waals surface area (Å²) < 4.78 is 0. The lowest BCUT2D eigenvalue weighted by Gasteiger charge is -2.18. The molecule has 0 spiro atoms. The number of hydrazine groups is 1. The number of carbonyl (C=O) groups excluding carboxylic acids is 2. The first kappa shape index (κ1) is 21.2. The Kier molecular flexibility index (Phi) is 7.69. The van der Waals surface area contributed by atoms with Gasteiger partial charge < -0.3 is 5.32 Å².